The number of aromatic nitrogens is 3. The molecule has 13 nitrogen and oxygen atoms in total. The Morgan fingerprint density at radius 3 is 2.42 bits per heavy atom. The van der Waals surface area contributed by atoms with Crippen LogP contribution in [0.5, 0.6) is 5.75 Å². The van der Waals surface area contributed by atoms with E-state index in [2.05, 4.69) is 4.98 Å². The summed E-state index contributed by atoms with van der Waals surface area (Å²) in [5.74, 6) is -1.51. The summed E-state index contributed by atoms with van der Waals surface area (Å²) in [7, 11) is -3.80. The van der Waals surface area contributed by atoms with E-state index in [1.807, 2.05) is 19.9 Å². The molecule has 264 valence electrons. The lowest BCUT2D eigenvalue weighted by atomic mass is 10.1. The fraction of sp³-hybridized carbons (Fsp3) is 0.382. The van der Waals surface area contributed by atoms with Gasteiger partial charge in [-0.1, -0.05) is 54.2 Å². The van der Waals surface area contributed by atoms with Crippen molar-refractivity contribution in [2.75, 3.05) is 29.7 Å². The molecule has 2 aliphatic heterocycles. The molecule has 4 aromatic rings. The fourth-order valence-electron chi connectivity index (χ4n) is 6.13. The van der Waals surface area contributed by atoms with Crippen LogP contribution in [0.15, 0.2) is 65.6 Å². The zero-order chi connectivity index (χ0) is 35.6. The number of hydrogen-bond donors (Lipinski definition) is 0. The van der Waals surface area contributed by atoms with Crippen LogP contribution in [0, 0.1) is 5.82 Å². The zero-order valence-electron chi connectivity index (χ0n) is 27.4. The number of rotatable bonds is 11. The average Bonchev–Trinajstić information content (AvgIpc) is 3.62. The fourth-order valence-corrected chi connectivity index (χ4v) is 8.52. The number of hydrogen-bond acceptors (Lipinski definition) is 10. The number of thioether (sulfide) groups is 1. The van der Waals surface area contributed by atoms with Gasteiger partial charge < -0.3 is 23.7 Å². The Balaban J connectivity index is 1.45. The number of ether oxygens (including phenoxy) is 2. The Labute approximate surface area is 292 Å². The predicted molar refractivity (Wildman–Crippen MR) is 184 cm³/mol. The molecule has 0 saturated carbocycles. The van der Waals surface area contributed by atoms with E-state index in [-0.39, 0.29) is 61.6 Å². The first kappa shape index (κ1) is 35.3. The summed E-state index contributed by atoms with van der Waals surface area (Å²) in [5.41, 5.74) is 0.0548. The molecule has 1 amide bonds. The molecular formula is C34H36FN5O8S2. The minimum atomic E-state index is -3.80. The molecule has 3 unspecified atom stereocenters. The van der Waals surface area contributed by atoms with E-state index in [0.717, 1.165) is 8.71 Å². The number of carbonyl (C=O) groups excluding carboxylic acids is 3. The third-order valence-corrected chi connectivity index (χ3v) is 11.2. The highest BCUT2D eigenvalue weighted by Gasteiger charge is 2.35. The molecule has 2 saturated heterocycles. The van der Waals surface area contributed by atoms with Gasteiger partial charge in [0.1, 0.15) is 31.1 Å². The normalized spacial score (nSPS) is 19.4. The summed E-state index contributed by atoms with van der Waals surface area (Å²) in [6, 6.07) is 14.4. The Kier molecular flexibility index (Phi) is 10.4. The number of carbonyl (C=O) groups is 3. The van der Waals surface area contributed by atoms with Crippen molar-refractivity contribution in [3.8, 4) is 5.75 Å². The van der Waals surface area contributed by atoms with Crippen LogP contribution in [-0.4, -0.2) is 87.4 Å². The smallest absolute Gasteiger partial charge is 0.303 e. The van der Waals surface area contributed by atoms with E-state index in [0.29, 0.717) is 48.7 Å². The number of fused-ring (bicyclic) bond motifs is 1. The van der Waals surface area contributed by atoms with Gasteiger partial charge in [0.05, 0.1) is 29.4 Å². The molecule has 2 aromatic carbocycles. The molecule has 0 radical (unpaired) electrons. The molecule has 0 N–H and O–H groups in total. The van der Waals surface area contributed by atoms with E-state index < -0.39 is 43.2 Å². The first-order valence-corrected chi connectivity index (χ1v) is 18.6. The third kappa shape index (κ3) is 7.61. The lowest BCUT2D eigenvalue weighted by Gasteiger charge is -2.35. The number of imidazole rings is 1. The van der Waals surface area contributed by atoms with Gasteiger partial charge >= 0.3 is 5.56 Å². The Morgan fingerprint density at radius 2 is 1.78 bits per heavy atom. The standard InChI is InChI=1S/C34H36FN5O8S2/c1-22-16-37(17-23(2)48-22)29(42)19-38-18-28(39-13-6-14-50(39,45)46)40-32(43)31(47-21-25-7-4-3-5-8-25)30(36-34(38)40)33(44)49-27(20-41)15-24-9-11-26(35)12-10-24/h3-5,7-12,18,20,22-23,27H,6,13-17,19,21H2,1-2H3. The molecule has 2 aromatic heterocycles. The van der Waals surface area contributed by atoms with Gasteiger partial charge in [0.15, 0.2) is 5.69 Å². The predicted octanol–water partition coefficient (Wildman–Crippen LogP) is 3.07. The van der Waals surface area contributed by atoms with Crippen LogP contribution in [0.1, 0.15) is 41.9 Å². The van der Waals surface area contributed by atoms with Crippen LogP contribution in [0.25, 0.3) is 5.78 Å². The van der Waals surface area contributed by atoms with Crippen molar-refractivity contribution in [3.63, 3.8) is 0 Å². The van der Waals surface area contributed by atoms with Crippen LogP contribution < -0.4 is 14.6 Å². The molecule has 2 fully saturated rings. The van der Waals surface area contributed by atoms with E-state index in [4.69, 9.17) is 9.47 Å². The van der Waals surface area contributed by atoms with Crippen molar-refractivity contribution >= 4 is 50.7 Å². The first-order valence-electron chi connectivity index (χ1n) is 16.1. The van der Waals surface area contributed by atoms with Crippen molar-refractivity contribution in [2.24, 2.45) is 0 Å². The molecule has 0 spiro atoms. The molecule has 0 bridgehead atoms. The number of anilines is 1. The first-order chi connectivity index (χ1) is 23.9. The van der Waals surface area contributed by atoms with Crippen molar-refractivity contribution in [3.05, 3.63) is 93.8 Å². The van der Waals surface area contributed by atoms with Gasteiger partial charge in [0.25, 0.3) is 0 Å². The second kappa shape index (κ2) is 14.7. The molecule has 16 heteroatoms. The largest absolute Gasteiger partial charge is 0.481 e. The molecular weight excluding hydrogens is 690 g/mol. The van der Waals surface area contributed by atoms with E-state index in [1.165, 1.54) is 35.0 Å². The van der Waals surface area contributed by atoms with E-state index in [1.54, 1.807) is 29.2 Å². The van der Waals surface area contributed by atoms with Gasteiger partial charge in [-0.2, -0.15) is 0 Å². The summed E-state index contributed by atoms with van der Waals surface area (Å²) < 4.78 is 55.0. The quantitative estimate of drug-likeness (QED) is 0.211. The number of morpholine rings is 1. The van der Waals surface area contributed by atoms with Crippen molar-refractivity contribution in [2.45, 2.75) is 57.3 Å². The summed E-state index contributed by atoms with van der Waals surface area (Å²) in [6.07, 6.45) is 1.97. The second-order valence-corrected chi connectivity index (χ2v) is 15.6. The maximum Gasteiger partial charge on any atom is 0.303 e. The van der Waals surface area contributed by atoms with E-state index >= 15 is 0 Å². The van der Waals surface area contributed by atoms with Gasteiger partial charge in [0.2, 0.25) is 32.6 Å². The number of amides is 1. The minimum absolute atomic E-state index is 0.0372. The molecule has 0 aliphatic carbocycles. The highest BCUT2D eigenvalue weighted by atomic mass is 32.2. The Bertz CT molecular complexity index is 2060. The SMILES string of the molecule is CC1CN(C(=O)Cn2cc(N3CCCS3(=O)=O)n3c(=O)c(OCc4ccccc4)c(C(=O)SC(C=O)Cc4ccc(F)cc4)nc23)CC(C)O1. The monoisotopic (exact) mass is 725 g/mol. The lowest BCUT2D eigenvalue weighted by molar-refractivity contribution is -0.143. The zero-order valence-corrected chi connectivity index (χ0v) is 29.1. The van der Waals surface area contributed by atoms with Crippen molar-refractivity contribution in [1.82, 2.24) is 18.9 Å². The number of nitrogens with zero attached hydrogens (tertiary/aromatic N) is 5. The molecule has 2 aliphatic rings. The minimum Gasteiger partial charge on any atom is -0.481 e. The van der Waals surface area contributed by atoms with Crippen LogP contribution >= 0.6 is 11.8 Å². The summed E-state index contributed by atoms with van der Waals surface area (Å²) >= 11 is 0.629. The van der Waals surface area contributed by atoms with Crippen molar-refractivity contribution < 1.29 is 36.7 Å². The topological polar surface area (TPSA) is 150 Å². The number of aldehydes is 1. The van der Waals surface area contributed by atoms with Gasteiger partial charge in [0, 0.05) is 19.6 Å². The number of sulfonamides is 1. The molecule has 6 rings (SSSR count). The lowest BCUT2D eigenvalue weighted by Crippen LogP contribution is -2.49. The summed E-state index contributed by atoms with van der Waals surface area (Å²) in [5, 5.41) is -1.67. The maximum atomic E-state index is 14.4. The molecule has 3 atom stereocenters. The Hall–Kier alpha value is -4.54. The van der Waals surface area contributed by atoms with Crippen LogP contribution in [-0.2, 0) is 43.9 Å². The molecule has 4 heterocycles. The van der Waals surface area contributed by atoms with Gasteiger partial charge in [-0.3, -0.25) is 18.7 Å². The van der Waals surface area contributed by atoms with Crippen LogP contribution in [0.3, 0.4) is 0 Å². The summed E-state index contributed by atoms with van der Waals surface area (Å²) in [6.45, 7) is 4.05. The number of benzene rings is 2. The Morgan fingerprint density at radius 1 is 1.08 bits per heavy atom. The van der Waals surface area contributed by atoms with Crippen LogP contribution in [0.4, 0.5) is 10.2 Å². The van der Waals surface area contributed by atoms with Crippen molar-refractivity contribution in [1.29, 1.82) is 0 Å². The van der Waals surface area contributed by atoms with E-state index in [9.17, 15) is 32.0 Å². The maximum absolute atomic E-state index is 14.4. The van der Waals surface area contributed by atoms with Crippen LogP contribution in [0.2, 0.25) is 0 Å². The van der Waals surface area contributed by atoms with Gasteiger partial charge in [-0.25, -0.2) is 22.2 Å². The second-order valence-electron chi connectivity index (χ2n) is 12.3. The summed E-state index contributed by atoms with van der Waals surface area (Å²) in [4.78, 5) is 60.3. The van der Waals surface area contributed by atoms with Gasteiger partial charge in [-0.15, -0.1) is 0 Å². The third-order valence-electron chi connectivity index (χ3n) is 8.39. The number of halogens is 1. The highest BCUT2D eigenvalue weighted by Crippen LogP contribution is 2.30. The highest BCUT2D eigenvalue weighted by molar-refractivity contribution is 8.15. The van der Waals surface area contributed by atoms with Gasteiger partial charge in [-0.05, 0) is 49.9 Å². The molecule has 50 heavy (non-hydrogen) atoms. The average molecular weight is 726 g/mol.